The van der Waals surface area contributed by atoms with Crippen LogP contribution in [0, 0.1) is 6.92 Å². The molecule has 3 rings (SSSR count). The first-order valence-electron chi connectivity index (χ1n) is 6.35. The summed E-state index contributed by atoms with van der Waals surface area (Å²) in [4.78, 5) is 4.45. The molecule has 3 aromatic heterocycles. The summed E-state index contributed by atoms with van der Waals surface area (Å²) in [5, 5.41) is 8.82. The fourth-order valence-electron chi connectivity index (χ4n) is 2.27. The predicted molar refractivity (Wildman–Crippen MR) is 81.7 cm³/mol. The maximum Gasteiger partial charge on any atom is 0.169 e. The molecule has 1 unspecified atom stereocenters. The maximum absolute atomic E-state index is 5.55. The van der Waals surface area contributed by atoms with E-state index in [9.17, 15) is 0 Å². The van der Waals surface area contributed by atoms with E-state index in [0.717, 1.165) is 32.8 Å². The highest BCUT2D eigenvalue weighted by Gasteiger charge is 2.12. The van der Waals surface area contributed by atoms with Gasteiger partial charge in [0.2, 0.25) is 0 Å². The molecule has 0 saturated heterocycles. The summed E-state index contributed by atoms with van der Waals surface area (Å²) in [6, 6.07) is 5.97. The van der Waals surface area contributed by atoms with Crippen molar-refractivity contribution in [1.82, 2.24) is 14.8 Å². The van der Waals surface area contributed by atoms with E-state index in [0.29, 0.717) is 0 Å². The van der Waals surface area contributed by atoms with Gasteiger partial charge in [-0.2, -0.15) is 5.10 Å². The van der Waals surface area contributed by atoms with Gasteiger partial charge in [0.05, 0.1) is 23.6 Å². The van der Waals surface area contributed by atoms with Crippen molar-refractivity contribution in [2.75, 3.05) is 5.32 Å². The first kappa shape index (κ1) is 13.2. The number of halogens is 1. The van der Waals surface area contributed by atoms with Crippen molar-refractivity contribution in [1.29, 1.82) is 0 Å². The zero-order valence-corrected chi connectivity index (χ0v) is 13.1. The molecule has 1 N–H and O–H groups in total. The Bertz CT molecular complexity index is 762. The fraction of sp³-hybridized carbons (Fsp3) is 0.286. The summed E-state index contributed by atoms with van der Waals surface area (Å²) in [7, 11) is 1.90. The Morgan fingerprint density at radius 1 is 1.40 bits per heavy atom. The lowest BCUT2D eigenvalue weighted by molar-refractivity contribution is 0.471. The molecule has 0 saturated carbocycles. The van der Waals surface area contributed by atoms with Crippen molar-refractivity contribution >= 4 is 32.7 Å². The van der Waals surface area contributed by atoms with Gasteiger partial charge >= 0.3 is 0 Å². The van der Waals surface area contributed by atoms with Crippen LogP contribution in [0.25, 0.3) is 11.0 Å². The third-order valence-electron chi connectivity index (χ3n) is 3.27. The Kier molecular flexibility index (Phi) is 3.25. The molecule has 0 spiro atoms. The van der Waals surface area contributed by atoms with Crippen LogP contribution in [0.4, 0.5) is 5.69 Å². The van der Waals surface area contributed by atoms with Crippen LogP contribution in [-0.4, -0.2) is 14.8 Å². The van der Waals surface area contributed by atoms with Gasteiger partial charge in [0.15, 0.2) is 10.3 Å². The van der Waals surface area contributed by atoms with Crippen molar-refractivity contribution < 1.29 is 4.42 Å². The minimum Gasteiger partial charge on any atom is -0.452 e. The lowest BCUT2D eigenvalue weighted by Gasteiger charge is -2.12. The Balaban J connectivity index is 1.89. The predicted octanol–water partition coefficient (Wildman–Crippen LogP) is 3.81. The van der Waals surface area contributed by atoms with Gasteiger partial charge in [-0.3, -0.25) is 4.68 Å². The van der Waals surface area contributed by atoms with Gasteiger partial charge in [0.25, 0.3) is 0 Å². The first-order valence-corrected chi connectivity index (χ1v) is 7.15. The normalized spacial score (nSPS) is 12.8. The fourth-order valence-corrected chi connectivity index (χ4v) is 2.59. The van der Waals surface area contributed by atoms with Gasteiger partial charge in [0, 0.05) is 12.4 Å². The Labute approximate surface area is 125 Å². The van der Waals surface area contributed by atoms with Crippen molar-refractivity contribution in [3.05, 3.63) is 40.5 Å². The van der Waals surface area contributed by atoms with Gasteiger partial charge in [-0.05, 0) is 48.0 Å². The molecule has 20 heavy (non-hydrogen) atoms. The number of rotatable bonds is 3. The van der Waals surface area contributed by atoms with Crippen molar-refractivity contribution in [3.8, 4) is 0 Å². The average Bonchev–Trinajstić information content (AvgIpc) is 2.95. The number of nitrogens with zero attached hydrogens (tertiary/aromatic N) is 3. The molecule has 0 radical (unpaired) electrons. The molecule has 1 atom stereocenters. The molecule has 5 nitrogen and oxygen atoms in total. The van der Waals surface area contributed by atoms with Crippen LogP contribution in [-0.2, 0) is 7.05 Å². The standard InChI is InChI=1S/C14H15BrN4O/c1-8-11-6-10(7-16-14(11)19(3)18-8)17-9(2)12-4-5-13(15)20-12/h4-7,9,17H,1-3H3. The molecule has 0 aromatic carbocycles. The van der Waals surface area contributed by atoms with Gasteiger partial charge in [-0.25, -0.2) is 4.98 Å². The minimum atomic E-state index is 0.0672. The second-order valence-electron chi connectivity index (χ2n) is 4.81. The molecular weight excluding hydrogens is 320 g/mol. The zero-order valence-electron chi connectivity index (χ0n) is 11.5. The molecule has 6 heteroatoms. The number of nitrogens with one attached hydrogen (secondary N) is 1. The lowest BCUT2D eigenvalue weighted by Crippen LogP contribution is -2.05. The van der Waals surface area contributed by atoms with Crippen LogP contribution < -0.4 is 5.32 Å². The Morgan fingerprint density at radius 2 is 2.20 bits per heavy atom. The summed E-state index contributed by atoms with van der Waals surface area (Å²) >= 11 is 3.31. The molecule has 0 aliphatic rings. The molecule has 3 aromatic rings. The van der Waals surface area contributed by atoms with Crippen LogP contribution in [0.1, 0.15) is 24.4 Å². The number of fused-ring (bicyclic) bond motifs is 1. The van der Waals surface area contributed by atoms with Crippen LogP contribution in [0.2, 0.25) is 0 Å². The van der Waals surface area contributed by atoms with E-state index >= 15 is 0 Å². The second kappa shape index (κ2) is 4.94. The topological polar surface area (TPSA) is 55.9 Å². The quantitative estimate of drug-likeness (QED) is 0.791. The second-order valence-corrected chi connectivity index (χ2v) is 5.59. The van der Waals surface area contributed by atoms with E-state index < -0.39 is 0 Å². The average molecular weight is 335 g/mol. The van der Waals surface area contributed by atoms with Crippen LogP contribution in [0.15, 0.2) is 33.5 Å². The molecule has 0 fully saturated rings. The molecular formula is C14H15BrN4O. The van der Waals surface area contributed by atoms with Crippen LogP contribution >= 0.6 is 15.9 Å². The van der Waals surface area contributed by atoms with E-state index in [1.165, 1.54) is 0 Å². The third kappa shape index (κ3) is 2.31. The molecule has 3 heterocycles. The summed E-state index contributed by atoms with van der Waals surface area (Å²) in [6.45, 7) is 4.03. The summed E-state index contributed by atoms with van der Waals surface area (Å²) in [6.07, 6.45) is 1.82. The van der Waals surface area contributed by atoms with E-state index in [2.05, 4.69) is 37.4 Å². The molecule has 0 amide bonds. The molecule has 0 aliphatic carbocycles. The molecule has 104 valence electrons. The number of hydrogen-bond acceptors (Lipinski definition) is 4. The number of pyridine rings is 1. The Hall–Kier alpha value is -1.82. The van der Waals surface area contributed by atoms with E-state index in [1.54, 1.807) is 4.68 Å². The van der Waals surface area contributed by atoms with Crippen molar-refractivity contribution in [3.63, 3.8) is 0 Å². The van der Waals surface area contributed by atoms with Gasteiger partial charge < -0.3 is 9.73 Å². The summed E-state index contributed by atoms with van der Waals surface area (Å²) in [5.41, 5.74) is 2.82. The summed E-state index contributed by atoms with van der Waals surface area (Å²) in [5.74, 6) is 0.875. The molecule has 0 bridgehead atoms. The lowest BCUT2D eigenvalue weighted by atomic mass is 10.2. The number of aromatic nitrogens is 3. The summed E-state index contributed by atoms with van der Waals surface area (Å²) < 4.78 is 8.08. The van der Waals surface area contributed by atoms with E-state index in [-0.39, 0.29) is 6.04 Å². The van der Waals surface area contributed by atoms with Crippen LogP contribution in [0.3, 0.4) is 0 Å². The van der Waals surface area contributed by atoms with E-state index in [4.69, 9.17) is 4.42 Å². The first-order chi connectivity index (χ1) is 9.54. The zero-order chi connectivity index (χ0) is 14.3. The van der Waals surface area contributed by atoms with Crippen molar-refractivity contribution in [2.24, 2.45) is 7.05 Å². The highest BCUT2D eigenvalue weighted by molar-refractivity contribution is 9.10. The van der Waals surface area contributed by atoms with E-state index in [1.807, 2.05) is 39.2 Å². The largest absolute Gasteiger partial charge is 0.452 e. The Morgan fingerprint density at radius 3 is 2.90 bits per heavy atom. The number of aryl methyl sites for hydroxylation is 2. The smallest absolute Gasteiger partial charge is 0.169 e. The highest BCUT2D eigenvalue weighted by atomic mass is 79.9. The molecule has 0 aliphatic heterocycles. The van der Waals surface area contributed by atoms with Crippen LogP contribution in [0.5, 0.6) is 0 Å². The van der Waals surface area contributed by atoms with Crippen molar-refractivity contribution in [2.45, 2.75) is 19.9 Å². The van der Waals surface area contributed by atoms with Gasteiger partial charge in [-0.1, -0.05) is 0 Å². The minimum absolute atomic E-state index is 0.0672. The van der Waals surface area contributed by atoms with Gasteiger partial charge in [-0.15, -0.1) is 0 Å². The number of furan rings is 1. The number of anilines is 1. The SMILES string of the molecule is Cc1nn(C)c2ncc(NC(C)c3ccc(Br)o3)cc12. The third-order valence-corrected chi connectivity index (χ3v) is 3.69. The van der Waals surface area contributed by atoms with Gasteiger partial charge in [0.1, 0.15) is 5.76 Å². The maximum atomic E-state index is 5.55. The number of hydrogen-bond donors (Lipinski definition) is 1. The monoisotopic (exact) mass is 334 g/mol. The highest BCUT2D eigenvalue weighted by Crippen LogP contribution is 2.25.